The summed E-state index contributed by atoms with van der Waals surface area (Å²) in [6.45, 7) is 0. The highest BCUT2D eigenvalue weighted by atomic mass is 79.9. The van der Waals surface area contributed by atoms with Gasteiger partial charge in [-0.25, -0.2) is 0 Å². The molecule has 1 atom stereocenters. The van der Waals surface area contributed by atoms with Crippen LogP contribution in [0.25, 0.3) is 0 Å². The molecule has 0 spiro atoms. The summed E-state index contributed by atoms with van der Waals surface area (Å²) >= 11 is 26.8. The lowest BCUT2D eigenvalue weighted by Crippen LogP contribution is -2.56. The van der Waals surface area contributed by atoms with Crippen LogP contribution in [0.1, 0.15) is 5.56 Å². The molecule has 0 radical (unpaired) electrons. The number of ether oxygens (including phenoxy) is 2. The predicted molar refractivity (Wildman–Crippen MR) is 129 cm³/mol. The van der Waals surface area contributed by atoms with Crippen LogP contribution in [0.3, 0.4) is 0 Å². The van der Waals surface area contributed by atoms with E-state index < -0.39 is 15.9 Å². The fraction of sp³-hybridized carbons (Fsp3) is 0.263. The number of anilines is 1. The fourth-order valence-electron chi connectivity index (χ4n) is 2.43. The molecule has 2 aromatic rings. The molecule has 0 aliphatic carbocycles. The lowest BCUT2D eigenvalue weighted by atomic mass is 10.1. The first-order valence-corrected chi connectivity index (χ1v) is 10.9. The van der Waals surface area contributed by atoms with Gasteiger partial charge in [-0.1, -0.05) is 53.0 Å². The number of halogens is 4. The maximum Gasteiger partial charge on any atom is 0.228 e. The van der Waals surface area contributed by atoms with Gasteiger partial charge in [0.25, 0.3) is 0 Å². The normalized spacial score (nSPS) is 11.9. The number of rotatable bonds is 7. The SMILES string of the molecule is COc1ccc(CC(=O)NC(NC(=S)Nc2ccccc2Br)C(Cl)(Cl)Cl)c(OC)c1. The Hall–Kier alpha value is -1.45. The van der Waals surface area contributed by atoms with Crippen LogP contribution in [0, 0.1) is 0 Å². The van der Waals surface area contributed by atoms with Crippen LogP contribution in [-0.4, -0.2) is 35.2 Å². The largest absolute Gasteiger partial charge is 0.497 e. The van der Waals surface area contributed by atoms with Crippen LogP contribution < -0.4 is 25.4 Å². The van der Waals surface area contributed by atoms with E-state index in [1.54, 1.807) is 25.3 Å². The second-order valence-electron chi connectivity index (χ2n) is 5.98. The van der Waals surface area contributed by atoms with Crippen molar-refractivity contribution in [2.75, 3.05) is 19.5 Å². The number of alkyl halides is 3. The van der Waals surface area contributed by atoms with Crippen molar-refractivity contribution in [2.24, 2.45) is 0 Å². The van der Waals surface area contributed by atoms with E-state index in [9.17, 15) is 4.79 Å². The first kappa shape index (κ1) is 24.8. The summed E-state index contributed by atoms with van der Waals surface area (Å²) in [7, 11) is 3.05. The minimum absolute atomic E-state index is 0.00345. The molecule has 3 N–H and O–H groups in total. The van der Waals surface area contributed by atoms with Gasteiger partial charge in [-0.15, -0.1) is 0 Å². The van der Waals surface area contributed by atoms with Crippen LogP contribution in [0.15, 0.2) is 46.9 Å². The topological polar surface area (TPSA) is 71.6 Å². The van der Waals surface area contributed by atoms with Crippen molar-refractivity contribution in [3.8, 4) is 11.5 Å². The number of benzene rings is 2. The Labute approximate surface area is 203 Å². The minimum Gasteiger partial charge on any atom is -0.497 e. The molecule has 0 bridgehead atoms. The smallest absolute Gasteiger partial charge is 0.228 e. The van der Waals surface area contributed by atoms with Crippen LogP contribution in [0.4, 0.5) is 5.69 Å². The van der Waals surface area contributed by atoms with Crippen molar-refractivity contribution in [1.82, 2.24) is 10.6 Å². The molecular formula is C19H19BrCl3N3O3S. The van der Waals surface area contributed by atoms with Gasteiger partial charge in [0.15, 0.2) is 5.11 Å². The van der Waals surface area contributed by atoms with E-state index in [0.717, 1.165) is 4.47 Å². The van der Waals surface area contributed by atoms with E-state index in [4.69, 9.17) is 56.5 Å². The van der Waals surface area contributed by atoms with E-state index in [-0.39, 0.29) is 11.5 Å². The Kier molecular flexibility index (Phi) is 9.31. The van der Waals surface area contributed by atoms with E-state index in [0.29, 0.717) is 22.7 Å². The minimum atomic E-state index is -1.86. The second-order valence-corrected chi connectivity index (χ2v) is 9.61. The third-order valence-corrected chi connectivity index (χ3v) is 5.44. The summed E-state index contributed by atoms with van der Waals surface area (Å²) < 4.78 is 9.41. The maximum absolute atomic E-state index is 12.6. The number of amides is 1. The molecule has 0 aliphatic heterocycles. The summed E-state index contributed by atoms with van der Waals surface area (Å²) in [5, 5.41) is 8.61. The Morgan fingerprint density at radius 2 is 1.83 bits per heavy atom. The molecule has 0 saturated carbocycles. The van der Waals surface area contributed by atoms with Gasteiger partial charge in [0.2, 0.25) is 9.70 Å². The molecule has 1 amide bonds. The highest BCUT2D eigenvalue weighted by Crippen LogP contribution is 2.30. The molecule has 2 aromatic carbocycles. The van der Waals surface area contributed by atoms with Gasteiger partial charge in [0.05, 0.1) is 26.3 Å². The molecule has 6 nitrogen and oxygen atoms in total. The van der Waals surface area contributed by atoms with Crippen LogP contribution in [0.5, 0.6) is 11.5 Å². The van der Waals surface area contributed by atoms with Crippen molar-refractivity contribution in [3.05, 3.63) is 52.5 Å². The number of nitrogens with one attached hydrogen (secondary N) is 3. The van der Waals surface area contributed by atoms with Gasteiger partial charge in [0, 0.05) is 16.1 Å². The van der Waals surface area contributed by atoms with E-state index in [1.807, 2.05) is 24.3 Å². The summed E-state index contributed by atoms with van der Waals surface area (Å²) in [6, 6.07) is 12.5. The number of carbonyl (C=O) groups is 1. The molecule has 0 aromatic heterocycles. The molecule has 1 unspecified atom stereocenters. The standard InChI is InChI=1S/C19H19BrCl3N3O3S/c1-28-12-8-7-11(15(10-12)29-2)9-16(27)25-17(19(21,22)23)26-18(30)24-14-6-4-3-5-13(14)20/h3-8,10,17H,9H2,1-2H3,(H,25,27)(H2,24,26,30). The van der Waals surface area contributed by atoms with Crippen LogP contribution in [-0.2, 0) is 11.2 Å². The quantitative estimate of drug-likeness (QED) is 0.259. The number of hydrogen-bond donors (Lipinski definition) is 3. The van der Waals surface area contributed by atoms with Gasteiger partial charge in [-0.3, -0.25) is 4.79 Å². The zero-order valence-corrected chi connectivity index (χ0v) is 20.6. The maximum atomic E-state index is 12.6. The Morgan fingerprint density at radius 3 is 2.43 bits per heavy atom. The average Bonchev–Trinajstić information content (AvgIpc) is 2.68. The summed E-state index contributed by atoms with van der Waals surface area (Å²) in [6.07, 6.45) is -1.09. The molecule has 162 valence electrons. The lowest BCUT2D eigenvalue weighted by Gasteiger charge is -2.28. The van der Waals surface area contributed by atoms with Crippen molar-refractivity contribution in [1.29, 1.82) is 0 Å². The van der Waals surface area contributed by atoms with E-state index in [1.165, 1.54) is 7.11 Å². The molecule has 11 heteroatoms. The average molecular weight is 556 g/mol. The molecule has 0 saturated heterocycles. The number of methoxy groups -OCH3 is 2. The van der Waals surface area contributed by atoms with Gasteiger partial charge >= 0.3 is 0 Å². The monoisotopic (exact) mass is 553 g/mol. The van der Waals surface area contributed by atoms with Crippen LogP contribution in [0.2, 0.25) is 0 Å². The third-order valence-electron chi connectivity index (χ3n) is 3.88. The van der Waals surface area contributed by atoms with Gasteiger partial charge in [0.1, 0.15) is 17.7 Å². The van der Waals surface area contributed by atoms with Gasteiger partial charge in [-0.2, -0.15) is 0 Å². The molecular weight excluding hydrogens is 537 g/mol. The Morgan fingerprint density at radius 1 is 1.13 bits per heavy atom. The first-order valence-electron chi connectivity index (χ1n) is 8.53. The third kappa shape index (κ3) is 7.35. The zero-order valence-electron chi connectivity index (χ0n) is 16.0. The van der Waals surface area contributed by atoms with Crippen molar-refractivity contribution >= 4 is 79.7 Å². The number of thiocarbonyl (C=S) groups is 1. The highest BCUT2D eigenvalue weighted by Gasteiger charge is 2.34. The van der Waals surface area contributed by atoms with E-state index in [2.05, 4.69) is 31.9 Å². The van der Waals surface area contributed by atoms with Crippen LogP contribution >= 0.6 is 63.0 Å². The van der Waals surface area contributed by atoms with E-state index >= 15 is 0 Å². The van der Waals surface area contributed by atoms with Gasteiger partial charge < -0.3 is 25.4 Å². The van der Waals surface area contributed by atoms with Crippen molar-refractivity contribution in [3.63, 3.8) is 0 Å². The molecule has 0 aliphatic rings. The Balaban J connectivity index is 2.06. The predicted octanol–water partition coefficient (Wildman–Crippen LogP) is 4.81. The Bertz CT molecular complexity index is 912. The summed E-state index contributed by atoms with van der Waals surface area (Å²) in [5.74, 6) is 0.723. The molecule has 0 heterocycles. The molecule has 2 rings (SSSR count). The van der Waals surface area contributed by atoms with Crippen molar-refractivity contribution in [2.45, 2.75) is 16.4 Å². The van der Waals surface area contributed by atoms with Gasteiger partial charge in [-0.05, 0) is 46.3 Å². The van der Waals surface area contributed by atoms with Crippen molar-refractivity contribution < 1.29 is 14.3 Å². The molecule has 0 fully saturated rings. The fourth-order valence-corrected chi connectivity index (χ4v) is 3.37. The summed E-state index contributed by atoms with van der Waals surface area (Å²) in [4.78, 5) is 12.6. The second kappa shape index (κ2) is 11.2. The number of para-hydroxylation sites is 1. The zero-order chi connectivity index (χ0) is 22.3. The number of carbonyl (C=O) groups excluding carboxylic acids is 1. The molecule has 30 heavy (non-hydrogen) atoms. The first-order chi connectivity index (χ1) is 14.1. The summed E-state index contributed by atoms with van der Waals surface area (Å²) in [5.41, 5.74) is 1.36. The number of hydrogen-bond acceptors (Lipinski definition) is 4. The highest BCUT2D eigenvalue weighted by molar-refractivity contribution is 9.10. The lowest BCUT2D eigenvalue weighted by molar-refractivity contribution is -0.121.